The van der Waals surface area contributed by atoms with Gasteiger partial charge in [-0.3, -0.25) is 0 Å². The van der Waals surface area contributed by atoms with Gasteiger partial charge in [0.15, 0.2) is 8.32 Å². The van der Waals surface area contributed by atoms with Crippen molar-refractivity contribution in [2.75, 3.05) is 6.54 Å². The SMILES string of the molecule is C=CCC(CC=C)(O[Si](C)(C)C(C)(C)C)C1CCCCN1. The zero-order chi connectivity index (χ0) is 16.1. The van der Waals surface area contributed by atoms with Crippen molar-refractivity contribution >= 4 is 8.32 Å². The molecule has 0 amide bonds. The zero-order valence-electron chi connectivity index (χ0n) is 14.8. The van der Waals surface area contributed by atoms with Crippen molar-refractivity contribution in [2.24, 2.45) is 0 Å². The van der Waals surface area contributed by atoms with Crippen molar-refractivity contribution in [3.8, 4) is 0 Å². The van der Waals surface area contributed by atoms with Gasteiger partial charge in [0.25, 0.3) is 0 Å². The molecule has 1 rings (SSSR count). The van der Waals surface area contributed by atoms with Gasteiger partial charge in [0.1, 0.15) is 0 Å². The highest BCUT2D eigenvalue weighted by Gasteiger charge is 2.47. The van der Waals surface area contributed by atoms with Crippen LogP contribution in [0.1, 0.15) is 52.9 Å². The fourth-order valence-electron chi connectivity index (χ4n) is 2.97. The van der Waals surface area contributed by atoms with Crippen molar-refractivity contribution in [3.05, 3.63) is 25.3 Å². The van der Waals surface area contributed by atoms with Crippen LogP contribution in [0, 0.1) is 0 Å². The molecular formula is C18H35NOSi. The van der Waals surface area contributed by atoms with Crippen LogP contribution in [0.4, 0.5) is 0 Å². The Hall–Kier alpha value is -0.383. The summed E-state index contributed by atoms with van der Waals surface area (Å²) in [6, 6.07) is 0.413. The van der Waals surface area contributed by atoms with E-state index < -0.39 is 8.32 Å². The van der Waals surface area contributed by atoms with Gasteiger partial charge in [-0.1, -0.05) is 39.3 Å². The Bertz CT molecular complexity index is 341. The van der Waals surface area contributed by atoms with Gasteiger partial charge >= 0.3 is 0 Å². The fourth-order valence-corrected chi connectivity index (χ4v) is 4.60. The molecule has 0 aliphatic carbocycles. The lowest BCUT2D eigenvalue weighted by Crippen LogP contribution is -2.59. The molecule has 2 nitrogen and oxygen atoms in total. The molecule has 0 aromatic heterocycles. The van der Waals surface area contributed by atoms with E-state index in [9.17, 15) is 0 Å². The molecule has 3 heteroatoms. The molecule has 1 N–H and O–H groups in total. The smallest absolute Gasteiger partial charge is 0.192 e. The highest BCUT2D eigenvalue weighted by Crippen LogP contribution is 2.43. The quantitative estimate of drug-likeness (QED) is 0.525. The molecule has 1 atom stereocenters. The summed E-state index contributed by atoms with van der Waals surface area (Å²) < 4.78 is 6.94. The third-order valence-corrected chi connectivity index (χ3v) is 9.72. The molecule has 0 bridgehead atoms. The van der Waals surface area contributed by atoms with Gasteiger partial charge in [0.05, 0.1) is 5.60 Å². The Morgan fingerprint density at radius 3 is 2.10 bits per heavy atom. The van der Waals surface area contributed by atoms with Crippen molar-refractivity contribution in [3.63, 3.8) is 0 Å². The molecule has 1 saturated heterocycles. The maximum Gasteiger partial charge on any atom is 0.192 e. The first-order valence-corrected chi connectivity index (χ1v) is 11.2. The van der Waals surface area contributed by atoms with E-state index in [0.717, 1.165) is 19.4 Å². The minimum Gasteiger partial charge on any atom is -0.409 e. The highest BCUT2D eigenvalue weighted by molar-refractivity contribution is 6.74. The monoisotopic (exact) mass is 309 g/mol. The molecule has 1 heterocycles. The fraction of sp³-hybridized carbons (Fsp3) is 0.778. The van der Waals surface area contributed by atoms with Crippen molar-refractivity contribution < 1.29 is 4.43 Å². The summed E-state index contributed by atoms with van der Waals surface area (Å²) in [6.45, 7) is 20.7. The normalized spacial score (nSPS) is 21.1. The second kappa shape index (κ2) is 7.25. The largest absolute Gasteiger partial charge is 0.409 e. The summed E-state index contributed by atoms with van der Waals surface area (Å²) in [5.41, 5.74) is -0.174. The summed E-state index contributed by atoms with van der Waals surface area (Å²) in [7, 11) is -1.83. The molecule has 1 aliphatic rings. The predicted octanol–water partition coefficient (Wildman–Crippen LogP) is 5.04. The number of hydrogen-bond donors (Lipinski definition) is 1. The second-order valence-electron chi connectivity index (χ2n) is 7.92. The van der Waals surface area contributed by atoms with E-state index in [1.807, 2.05) is 12.2 Å². The second-order valence-corrected chi connectivity index (χ2v) is 12.6. The van der Waals surface area contributed by atoms with Crippen molar-refractivity contribution in [1.82, 2.24) is 5.32 Å². The maximum atomic E-state index is 6.94. The number of hydrogen-bond acceptors (Lipinski definition) is 2. The average Bonchev–Trinajstić information content (AvgIpc) is 2.38. The molecule has 122 valence electrons. The van der Waals surface area contributed by atoms with Crippen molar-refractivity contribution in [2.45, 2.75) is 82.7 Å². The van der Waals surface area contributed by atoms with Crippen LogP contribution >= 0.6 is 0 Å². The van der Waals surface area contributed by atoms with Gasteiger partial charge in [0, 0.05) is 6.04 Å². The molecule has 1 unspecified atom stereocenters. The minimum atomic E-state index is -1.83. The molecule has 0 aromatic carbocycles. The lowest BCUT2D eigenvalue weighted by atomic mass is 9.83. The van der Waals surface area contributed by atoms with Crippen molar-refractivity contribution in [1.29, 1.82) is 0 Å². The van der Waals surface area contributed by atoms with Gasteiger partial charge in [-0.05, 0) is 50.4 Å². The number of piperidine rings is 1. The summed E-state index contributed by atoms with van der Waals surface area (Å²) in [5, 5.41) is 3.92. The molecular weight excluding hydrogens is 274 g/mol. The first-order chi connectivity index (χ1) is 9.68. The zero-order valence-corrected chi connectivity index (χ0v) is 15.8. The standard InChI is InChI=1S/C18H35NOSi/c1-8-13-18(14-9-2,16-12-10-11-15-19-16)20-21(6,7)17(3,4)5/h8-9,16,19H,1-2,10-15H2,3-7H3. The third kappa shape index (κ3) is 4.54. The van der Waals surface area contributed by atoms with Gasteiger partial charge in [0.2, 0.25) is 0 Å². The van der Waals surface area contributed by atoms with Crippen LogP contribution in [0.15, 0.2) is 25.3 Å². The van der Waals surface area contributed by atoms with E-state index in [-0.39, 0.29) is 10.6 Å². The van der Waals surface area contributed by atoms with E-state index in [2.05, 4.69) is 52.3 Å². The van der Waals surface area contributed by atoms with Gasteiger partial charge < -0.3 is 9.74 Å². The molecule has 21 heavy (non-hydrogen) atoms. The Kier molecular flexibility index (Phi) is 6.45. The topological polar surface area (TPSA) is 21.3 Å². The van der Waals surface area contributed by atoms with Crippen LogP contribution in [-0.4, -0.2) is 26.5 Å². The van der Waals surface area contributed by atoms with Crippen LogP contribution in [0.2, 0.25) is 18.1 Å². The first-order valence-electron chi connectivity index (χ1n) is 8.34. The molecule has 0 saturated carbocycles. The first kappa shape index (κ1) is 18.7. The third-order valence-electron chi connectivity index (χ3n) is 5.19. The lowest BCUT2D eigenvalue weighted by Gasteiger charge is -2.50. The van der Waals surface area contributed by atoms with Crippen LogP contribution in [0.5, 0.6) is 0 Å². The van der Waals surface area contributed by atoms with Crippen LogP contribution in [0.3, 0.4) is 0 Å². The Morgan fingerprint density at radius 2 is 1.71 bits per heavy atom. The number of rotatable bonds is 7. The summed E-state index contributed by atoms with van der Waals surface area (Å²) in [6.07, 6.45) is 9.58. The van der Waals surface area contributed by atoms with Gasteiger partial charge in [-0.2, -0.15) is 0 Å². The van der Waals surface area contributed by atoms with E-state index in [1.54, 1.807) is 0 Å². The maximum absolute atomic E-state index is 6.94. The van der Waals surface area contributed by atoms with Crippen LogP contribution in [-0.2, 0) is 4.43 Å². The highest BCUT2D eigenvalue weighted by atomic mass is 28.4. The lowest BCUT2D eigenvalue weighted by molar-refractivity contribution is 0.0100. The van der Waals surface area contributed by atoms with E-state index >= 15 is 0 Å². The minimum absolute atomic E-state index is 0.174. The van der Waals surface area contributed by atoms with Gasteiger partial charge in [-0.15, -0.1) is 13.2 Å². The summed E-state index contributed by atoms with van der Waals surface area (Å²) in [5.74, 6) is 0. The molecule has 1 aliphatic heterocycles. The van der Waals surface area contributed by atoms with Gasteiger partial charge in [-0.25, -0.2) is 0 Å². The van der Waals surface area contributed by atoms with E-state index in [4.69, 9.17) is 4.43 Å². The van der Waals surface area contributed by atoms with E-state index in [0.29, 0.717) is 6.04 Å². The molecule has 0 radical (unpaired) electrons. The average molecular weight is 310 g/mol. The summed E-state index contributed by atoms with van der Waals surface area (Å²) in [4.78, 5) is 0. The summed E-state index contributed by atoms with van der Waals surface area (Å²) >= 11 is 0. The number of nitrogens with one attached hydrogen (secondary N) is 1. The Morgan fingerprint density at radius 1 is 1.14 bits per heavy atom. The Labute approximate surface area is 133 Å². The Balaban J connectivity index is 3.09. The predicted molar refractivity (Wildman–Crippen MR) is 96.3 cm³/mol. The molecule has 1 fully saturated rings. The van der Waals surface area contributed by atoms with Crippen LogP contribution in [0.25, 0.3) is 0 Å². The van der Waals surface area contributed by atoms with E-state index in [1.165, 1.54) is 19.3 Å². The molecule has 0 aromatic rings. The van der Waals surface area contributed by atoms with Crippen LogP contribution < -0.4 is 5.32 Å². The molecule has 0 spiro atoms.